The van der Waals surface area contributed by atoms with Gasteiger partial charge in [0.2, 0.25) is 5.91 Å². The second kappa shape index (κ2) is 5.90. The zero-order valence-electron chi connectivity index (χ0n) is 11.4. The maximum absolute atomic E-state index is 11.9. The minimum atomic E-state index is 0.0715. The van der Waals surface area contributed by atoms with E-state index in [2.05, 4.69) is 24.1 Å². The van der Waals surface area contributed by atoms with Gasteiger partial charge in [-0.3, -0.25) is 4.79 Å². The van der Waals surface area contributed by atoms with Crippen LogP contribution in [0.1, 0.15) is 30.9 Å². The minimum Gasteiger partial charge on any atom is -0.395 e. The van der Waals surface area contributed by atoms with Gasteiger partial charge >= 0.3 is 0 Å². The van der Waals surface area contributed by atoms with Crippen molar-refractivity contribution in [2.45, 2.75) is 26.7 Å². The monoisotopic (exact) mass is 257 g/mol. The van der Waals surface area contributed by atoms with Crippen LogP contribution < -0.4 is 5.32 Å². The van der Waals surface area contributed by atoms with Crippen molar-refractivity contribution >= 4 is 11.6 Å². The van der Waals surface area contributed by atoms with Crippen molar-refractivity contribution in [2.75, 3.05) is 11.9 Å². The van der Waals surface area contributed by atoms with Crippen molar-refractivity contribution in [1.82, 2.24) is 0 Å². The molecular weight excluding hydrogens is 238 g/mol. The fourth-order valence-electron chi connectivity index (χ4n) is 1.97. The van der Waals surface area contributed by atoms with Crippen LogP contribution in [0.25, 0.3) is 0 Å². The zero-order valence-corrected chi connectivity index (χ0v) is 11.4. The van der Waals surface area contributed by atoms with E-state index in [1.165, 1.54) is 0 Å². The summed E-state index contributed by atoms with van der Waals surface area (Å²) in [5, 5.41) is 11.7. The average Bonchev–Trinajstić information content (AvgIpc) is 3.11. The molecule has 0 bridgehead atoms. The Morgan fingerprint density at radius 3 is 2.89 bits per heavy atom. The quantitative estimate of drug-likeness (QED) is 0.816. The molecule has 0 aliphatic heterocycles. The van der Waals surface area contributed by atoms with E-state index in [-0.39, 0.29) is 18.4 Å². The number of carbonyl (C=O) groups is 1. The van der Waals surface area contributed by atoms with Gasteiger partial charge in [0.1, 0.15) is 0 Å². The van der Waals surface area contributed by atoms with Crippen LogP contribution in [0.5, 0.6) is 0 Å². The molecule has 0 aromatic heterocycles. The van der Waals surface area contributed by atoms with Crippen LogP contribution in [0.2, 0.25) is 0 Å². The lowest BCUT2D eigenvalue weighted by Crippen LogP contribution is -2.14. The lowest BCUT2D eigenvalue weighted by molar-refractivity contribution is -0.117. The van der Waals surface area contributed by atoms with Crippen molar-refractivity contribution < 1.29 is 9.90 Å². The summed E-state index contributed by atoms with van der Waals surface area (Å²) >= 11 is 0. The SMILES string of the molecule is Cc1ccc(NC(=O)C2CC2C)cc1C#CCCO. The Morgan fingerprint density at radius 2 is 2.26 bits per heavy atom. The molecule has 1 aromatic rings. The van der Waals surface area contributed by atoms with Gasteiger partial charge in [0.25, 0.3) is 0 Å². The molecule has 0 spiro atoms. The van der Waals surface area contributed by atoms with Crippen molar-refractivity contribution in [1.29, 1.82) is 0 Å². The van der Waals surface area contributed by atoms with Crippen LogP contribution in [-0.2, 0) is 4.79 Å². The molecule has 19 heavy (non-hydrogen) atoms. The molecule has 1 aliphatic rings. The molecule has 1 amide bonds. The first-order valence-electron chi connectivity index (χ1n) is 6.63. The Kier molecular flexibility index (Phi) is 4.24. The number of anilines is 1. The van der Waals surface area contributed by atoms with E-state index in [0.717, 1.165) is 23.2 Å². The number of hydrogen-bond acceptors (Lipinski definition) is 2. The van der Waals surface area contributed by atoms with Crippen molar-refractivity contribution in [3.63, 3.8) is 0 Å². The van der Waals surface area contributed by atoms with E-state index in [4.69, 9.17) is 5.11 Å². The summed E-state index contributed by atoms with van der Waals surface area (Å²) in [5.74, 6) is 6.70. The summed E-state index contributed by atoms with van der Waals surface area (Å²) in [5.41, 5.74) is 2.77. The van der Waals surface area contributed by atoms with Gasteiger partial charge in [0, 0.05) is 23.6 Å². The molecule has 2 rings (SSSR count). The zero-order chi connectivity index (χ0) is 13.8. The molecule has 0 radical (unpaired) electrons. The lowest BCUT2D eigenvalue weighted by Gasteiger charge is -2.06. The normalized spacial score (nSPS) is 20.4. The topological polar surface area (TPSA) is 49.3 Å². The first kappa shape index (κ1) is 13.6. The van der Waals surface area contributed by atoms with E-state index in [1.54, 1.807) is 0 Å². The molecule has 1 saturated carbocycles. The molecule has 1 fully saturated rings. The largest absolute Gasteiger partial charge is 0.395 e. The van der Waals surface area contributed by atoms with Gasteiger partial charge in [-0.15, -0.1) is 0 Å². The molecule has 3 nitrogen and oxygen atoms in total. The second-order valence-corrected chi connectivity index (χ2v) is 5.11. The van der Waals surface area contributed by atoms with Crippen LogP contribution in [0.4, 0.5) is 5.69 Å². The molecular formula is C16H19NO2. The summed E-state index contributed by atoms with van der Waals surface area (Å²) in [4.78, 5) is 11.9. The van der Waals surface area contributed by atoms with Crippen molar-refractivity contribution in [3.8, 4) is 11.8 Å². The first-order valence-corrected chi connectivity index (χ1v) is 6.63. The lowest BCUT2D eigenvalue weighted by atomic mass is 10.1. The Hall–Kier alpha value is -1.79. The Bertz CT molecular complexity index is 539. The predicted molar refractivity (Wildman–Crippen MR) is 75.7 cm³/mol. The van der Waals surface area contributed by atoms with Crippen molar-refractivity contribution in [2.24, 2.45) is 11.8 Å². The third kappa shape index (κ3) is 3.59. The summed E-state index contributed by atoms with van der Waals surface area (Å²) in [6, 6.07) is 5.75. The smallest absolute Gasteiger partial charge is 0.227 e. The van der Waals surface area contributed by atoms with Gasteiger partial charge in [0.05, 0.1) is 6.61 Å². The number of benzene rings is 1. The molecule has 1 aliphatic carbocycles. The maximum atomic E-state index is 11.9. The number of rotatable bonds is 3. The Morgan fingerprint density at radius 1 is 1.53 bits per heavy atom. The van der Waals surface area contributed by atoms with E-state index in [9.17, 15) is 4.79 Å². The average molecular weight is 257 g/mol. The van der Waals surface area contributed by atoms with Gasteiger partial charge in [-0.1, -0.05) is 24.8 Å². The van der Waals surface area contributed by atoms with Crippen LogP contribution in [0.15, 0.2) is 18.2 Å². The van der Waals surface area contributed by atoms with E-state index < -0.39 is 0 Å². The van der Waals surface area contributed by atoms with Gasteiger partial charge in [0.15, 0.2) is 0 Å². The van der Waals surface area contributed by atoms with Gasteiger partial charge < -0.3 is 10.4 Å². The summed E-state index contributed by atoms with van der Waals surface area (Å²) in [6.45, 7) is 4.14. The molecule has 0 saturated heterocycles. The van der Waals surface area contributed by atoms with Crippen LogP contribution in [-0.4, -0.2) is 17.6 Å². The highest BCUT2D eigenvalue weighted by Crippen LogP contribution is 2.38. The molecule has 2 atom stereocenters. The van der Waals surface area contributed by atoms with Gasteiger partial charge in [-0.25, -0.2) is 0 Å². The number of nitrogens with one attached hydrogen (secondary N) is 1. The number of hydrogen-bond donors (Lipinski definition) is 2. The fourth-order valence-corrected chi connectivity index (χ4v) is 1.97. The van der Waals surface area contributed by atoms with E-state index in [1.807, 2.05) is 25.1 Å². The van der Waals surface area contributed by atoms with E-state index >= 15 is 0 Å². The number of aliphatic hydroxyl groups excluding tert-OH is 1. The predicted octanol–water partition coefficient (Wildman–Crippen LogP) is 2.32. The number of aliphatic hydroxyl groups is 1. The van der Waals surface area contributed by atoms with Gasteiger partial charge in [-0.05, 0) is 37.0 Å². The van der Waals surface area contributed by atoms with Gasteiger partial charge in [-0.2, -0.15) is 0 Å². The third-order valence-electron chi connectivity index (χ3n) is 3.41. The molecule has 2 N–H and O–H groups in total. The molecule has 100 valence electrons. The standard InChI is InChI=1S/C16H19NO2/c1-11-6-7-14(10-13(11)5-3-4-8-18)17-16(19)15-9-12(15)2/h6-7,10,12,15,18H,4,8-9H2,1-2H3,(H,17,19). The molecule has 2 unspecified atom stereocenters. The third-order valence-corrected chi connectivity index (χ3v) is 3.41. The fraction of sp³-hybridized carbons (Fsp3) is 0.438. The maximum Gasteiger partial charge on any atom is 0.227 e. The molecule has 1 aromatic carbocycles. The van der Waals surface area contributed by atoms with Crippen LogP contribution >= 0.6 is 0 Å². The first-order chi connectivity index (χ1) is 9.11. The summed E-state index contributed by atoms with van der Waals surface area (Å²) in [7, 11) is 0. The summed E-state index contributed by atoms with van der Waals surface area (Å²) < 4.78 is 0. The molecule has 3 heteroatoms. The van der Waals surface area contributed by atoms with Crippen LogP contribution in [0, 0.1) is 30.6 Å². The highest BCUT2D eigenvalue weighted by molar-refractivity contribution is 5.94. The van der Waals surface area contributed by atoms with Crippen LogP contribution in [0.3, 0.4) is 0 Å². The highest BCUT2D eigenvalue weighted by Gasteiger charge is 2.39. The molecule has 0 heterocycles. The second-order valence-electron chi connectivity index (χ2n) is 5.11. The van der Waals surface area contributed by atoms with Crippen molar-refractivity contribution in [3.05, 3.63) is 29.3 Å². The number of amides is 1. The highest BCUT2D eigenvalue weighted by atomic mass is 16.2. The number of carbonyl (C=O) groups excluding carboxylic acids is 1. The minimum absolute atomic E-state index is 0.0715. The Balaban J connectivity index is 2.08. The summed E-state index contributed by atoms with van der Waals surface area (Å²) in [6.07, 6.45) is 1.45. The Labute approximate surface area is 114 Å². The number of aryl methyl sites for hydroxylation is 1. The van der Waals surface area contributed by atoms with E-state index in [0.29, 0.717) is 12.3 Å².